The maximum atomic E-state index is 12.2. The fourth-order valence-corrected chi connectivity index (χ4v) is 2.43. The maximum absolute atomic E-state index is 12.2. The molecule has 1 fully saturated rings. The molecule has 2 aliphatic rings. The normalized spacial score (nSPS) is 20.3. The van der Waals surface area contributed by atoms with Gasteiger partial charge in [0.1, 0.15) is 6.04 Å². The van der Waals surface area contributed by atoms with Crippen LogP contribution in [0.2, 0.25) is 0 Å². The van der Waals surface area contributed by atoms with E-state index in [1.54, 1.807) is 0 Å². The predicted molar refractivity (Wildman–Crippen MR) is 72.5 cm³/mol. The van der Waals surface area contributed by atoms with Crippen LogP contribution in [-0.2, 0) is 11.2 Å². The van der Waals surface area contributed by atoms with E-state index < -0.39 is 0 Å². The van der Waals surface area contributed by atoms with Gasteiger partial charge in [0.05, 0.1) is 0 Å². The quantitative estimate of drug-likeness (QED) is 0.890. The van der Waals surface area contributed by atoms with Gasteiger partial charge in [0.15, 0.2) is 0 Å². The van der Waals surface area contributed by atoms with Crippen LogP contribution in [0.1, 0.15) is 30.2 Å². The average molecular weight is 270 g/mol. The number of rotatable bonds is 3. The molecule has 0 saturated heterocycles. The van der Waals surface area contributed by atoms with Crippen LogP contribution in [0.25, 0.3) is 0 Å². The monoisotopic (exact) mass is 270 g/mol. The Morgan fingerprint density at radius 2 is 2.15 bits per heavy atom. The van der Waals surface area contributed by atoms with Gasteiger partial charge in [-0.25, -0.2) is 0 Å². The third kappa shape index (κ3) is 2.03. The van der Waals surface area contributed by atoms with E-state index in [4.69, 9.17) is 4.42 Å². The number of carbonyl (C=O) groups is 1. The molecule has 2 aromatic rings. The van der Waals surface area contributed by atoms with Crippen molar-refractivity contribution in [2.24, 2.45) is 0 Å². The van der Waals surface area contributed by atoms with Crippen molar-refractivity contribution in [1.29, 1.82) is 0 Å². The molecule has 4 rings (SSSR count). The molecule has 102 valence electrons. The van der Waals surface area contributed by atoms with Crippen molar-refractivity contribution in [3.8, 4) is 0 Å². The molecule has 1 amide bonds. The van der Waals surface area contributed by atoms with E-state index >= 15 is 0 Å². The number of nitrogens with zero attached hydrogens (tertiary/aromatic N) is 2. The van der Waals surface area contributed by atoms with Gasteiger partial charge in [-0.2, -0.15) is 0 Å². The molecule has 1 atom stereocenters. The number of para-hydroxylation sites is 1. The van der Waals surface area contributed by atoms with Crippen molar-refractivity contribution < 1.29 is 9.21 Å². The number of carbonyl (C=O) groups excluding carboxylic acids is 1. The SMILES string of the molecule is O=C(Nc1nnc(C2CC2)o1)[C@@H]1Cc2ccccc2N1. The van der Waals surface area contributed by atoms with Gasteiger partial charge in [-0.05, 0) is 24.5 Å². The van der Waals surface area contributed by atoms with Gasteiger partial charge in [0.25, 0.3) is 5.91 Å². The Balaban J connectivity index is 1.43. The van der Waals surface area contributed by atoms with Crippen LogP contribution in [0.5, 0.6) is 0 Å². The van der Waals surface area contributed by atoms with E-state index in [2.05, 4.69) is 20.8 Å². The third-order valence-electron chi connectivity index (χ3n) is 3.68. The second-order valence-electron chi connectivity index (χ2n) is 5.27. The van der Waals surface area contributed by atoms with Gasteiger partial charge >= 0.3 is 6.01 Å². The van der Waals surface area contributed by atoms with E-state index in [-0.39, 0.29) is 18.0 Å². The first kappa shape index (κ1) is 11.5. The van der Waals surface area contributed by atoms with Crippen molar-refractivity contribution in [3.63, 3.8) is 0 Å². The largest absolute Gasteiger partial charge is 0.408 e. The smallest absolute Gasteiger partial charge is 0.322 e. The van der Waals surface area contributed by atoms with E-state index in [0.29, 0.717) is 18.2 Å². The first-order chi connectivity index (χ1) is 9.79. The minimum Gasteiger partial charge on any atom is -0.408 e. The zero-order valence-corrected chi connectivity index (χ0v) is 10.8. The summed E-state index contributed by atoms with van der Waals surface area (Å²) in [7, 11) is 0. The number of benzene rings is 1. The lowest BCUT2D eigenvalue weighted by Crippen LogP contribution is -2.32. The Morgan fingerprint density at radius 3 is 2.95 bits per heavy atom. The van der Waals surface area contributed by atoms with Gasteiger partial charge in [-0.3, -0.25) is 10.1 Å². The third-order valence-corrected chi connectivity index (χ3v) is 3.68. The van der Waals surface area contributed by atoms with E-state index in [1.165, 1.54) is 0 Å². The van der Waals surface area contributed by atoms with Crippen molar-refractivity contribution in [3.05, 3.63) is 35.7 Å². The summed E-state index contributed by atoms with van der Waals surface area (Å²) in [5.41, 5.74) is 2.16. The fraction of sp³-hybridized carbons (Fsp3) is 0.357. The molecule has 1 saturated carbocycles. The molecule has 0 bridgehead atoms. The van der Waals surface area contributed by atoms with Crippen molar-refractivity contribution >= 4 is 17.6 Å². The number of nitrogens with one attached hydrogen (secondary N) is 2. The standard InChI is InChI=1S/C14H14N4O2/c19-12(11-7-9-3-1-2-4-10(9)15-11)16-14-18-17-13(20-14)8-5-6-8/h1-4,8,11,15H,5-7H2,(H,16,18,19)/t11-/m0/s1. The van der Waals surface area contributed by atoms with Gasteiger partial charge in [0, 0.05) is 18.0 Å². The second kappa shape index (κ2) is 4.33. The molecule has 1 aliphatic carbocycles. The van der Waals surface area contributed by atoms with E-state index in [9.17, 15) is 4.79 Å². The van der Waals surface area contributed by atoms with Crippen LogP contribution in [0.15, 0.2) is 28.7 Å². The average Bonchev–Trinajstić information content (AvgIpc) is 3.04. The number of aromatic nitrogens is 2. The molecule has 0 spiro atoms. The highest BCUT2D eigenvalue weighted by atomic mass is 16.4. The molecular weight excluding hydrogens is 256 g/mol. The Hall–Kier alpha value is -2.37. The molecule has 6 nitrogen and oxygen atoms in total. The lowest BCUT2D eigenvalue weighted by Gasteiger charge is -2.09. The molecule has 2 N–H and O–H groups in total. The summed E-state index contributed by atoms with van der Waals surface area (Å²) in [4.78, 5) is 12.2. The highest BCUT2D eigenvalue weighted by molar-refractivity contribution is 5.96. The summed E-state index contributed by atoms with van der Waals surface area (Å²) >= 11 is 0. The summed E-state index contributed by atoms with van der Waals surface area (Å²) in [6, 6.07) is 7.82. The van der Waals surface area contributed by atoms with Crippen molar-refractivity contribution in [1.82, 2.24) is 10.2 Å². The fourth-order valence-electron chi connectivity index (χ4n) is 2.43. The van der Waals surface area contributed by atoms with Crippen LogP contribution in [-0.4, -0.2) is 22.1 Å². The molecule has 6 heteroatoms. The Bertz CT molecular complexity index is 638. The predicted octanol–water partition coefficient (Wildman–Crippen LogP) is 1.92. The van der Waals surface area contributed by atoms with Crippen molar-refractivity contribution in [2.45, 2.75) is 31.2 Å². The summed E-state index contributed by atoms with van der Waals surface area (Å²) in [5.74, 6) is 0.872. The lowest BCUT2D eigenvalue weighted by atomic mass is 10.1. The van der Waals surface area contributed by atoms with Crippen molar-refractivity contribution in [2.75, 3.05) is 10.6 Å². The number of fused-ring (bicyclic) bond motifs is 1. The van der Waals surface area contributed by atoms with Gasteiger partial charge in [-0.1, -0.05) is 23.3 Å². The molecule has 20 heavy (non-hydrogen) atoms. The number of amides is 1. The van der Waals surface area contributed by atoms with Crippen LogP contribution < -0.4 is 10.6 Å². The summed E-state index contributed by atoms with van der Waals surface area (Å²) in [5, 5.41) is 13.7. The summed E-state index contributed by atoms with van der Waals surface area (Å²) < 4.78 is 5.43. The Morgan fingerprint density at radius 1 is 1.30 bits per heavy atom. The summed E-state index contributed by atoms with van der Waals surface area (Å²) in [6.45, 7) is 0. The molecule has 0 radical (unpaired) electrons. The zero-order valence-electron chi connectivity index (χ0n) is 10.8. The van der Waals surface area contributed by atoms with Crippen LogP contribution in [0.4, 0.5) is 11.7 Å². The zero-order chi connectivity index (χ0) is 13.5. The summed E-state index contributed by atoms with van der Waals surface area (Å²) in [6.07, 6.45) is 2.86. The topological polar surface area (TPSA) is 80.1 Å². The molecule has 0 unspecified atom stereocenters. The van der Waals surface area contributed by atoms with Crippen LogP contribution in [0.3, 0.4) is 0 Å². The van der Waals surface area contributed by atoms with Crippen LogP contribution >= 0.6 is 0 Å². The maximum Gasteiger partial charge on any atom is 0.322 e. The highest BCUT2D eigenvalue weighted by Crippen LogP contribution is 2.39. The highest BCUT2D eigenvalue weighted by Gasteiger charge is 2.31. The lowest BCUT2D eigenvalue weighted by molar-refractivity contribution is -0.116. The Labute approximate surface area is 115 Å². The molecule has 1 aromatic carbocycles. The number of anilines is 2. The first-order valence-corrected chi connectivity index (χ1v) is 6.78. The van der Waals surface area contributed by atoms with E-state index in [0.717, 1.165) is 24.1 Å². The number of hydrogen-bond acceptors (Lipinski definition) is 5. The number of hydrogen-bond donors (Lipinski definition) is 2. The second-order valence-corrected chi connectivity index (χ2v) is 5.27. The molecule has 2 heterocycles. The molecule has 1 aromatic heterocycles. The molecular formula is C14H14N4O2. The molecule has 1 aliphatic heterocycles. The van der Waals surface area contributed by atoms with Gasteiger partial charge < -0.3 is 9.73 Å². The van der Waals surface area contributed by atoms with E-state index in [1.807, 2.05) is 24.3 Å². The minimum absolute atomic E-state index is 0.146. The minimum atomic E-state index is -0.288. The first-order valence-electron chi connectivity index (χ1n) is 6.78. The van der Waals surface area contributed by atoms with Gasteiger partial charge in [-0.15, -0.1) is 5.10 Å². The van der Waals surface area contributed by atoms with Crippen LogP contribution in [0, 0.1) is 0 Å². The van der Waals surface area contributed by atoms with Gasteiger partial charge in [0.2, 0.25) is 5.89 Å². The Kier molecular flexibility index (Phi) is 2.48.